The molecule has 1 aliphatic heterocycles. The molecular weight excluding hydrogens is 244 g/mol. The third-order valence-electron chi connectivity index (χ3n) is 3.18. The SMILES string of the molecule is Cc1ccccc1NC(=O)OC(=O)N1CCCCC1. The predicted octanol–water partition coefficient (Wildman–Crippen LogP) is 3.15. The van der Waals surface area contributed by atoms with Crippen molar-refractivity contribution in [1.29, 1.82) is 0 Å². The minimum atomic E-state index is -0.732. The van der Waals surface area contributed by atoms with Crippen molar-refractivity contribution in [2.24, 2.45) is 0 Å². The Kier molecular flexibility index (Phi) is 4.39. The Hall–Kier alpha value is -2.04. The van der Waals surface area contributed by atoms with Crippen molar-refractivity contribution >= 4 is 17.9 Å². The highest BCUT2D eigenvalue weighted by molar-refractivity contribution is 5.93. The van der Waals surface area contributed by atoms with Crippen molar-refractivity contribution in [3.63, 3.8) is 0 Å². The molecular formula is C14H18N2O3. The molecule has 1 N–H and O–H groups in total. The van der Waals surface area contributed by atoms with Crippen LogP contribution in [0.4, 0.5) is 15.3 Å². The maximum Gasteiger partial charge on any atom is 0.420 e. The highest BCUT2D eigenvalue weighted by Gasteiger charge is 2.20. The van der Waals surface area contributed by atoms with Gasteiger partial charge in [0.2, 0.25) is 0 Å². The lowest BCUT2D eigenvalue weighted by atomic mass is 10.1. The first kappa shape index (κ1) is 13.4. The normalized spacial score (nSPS) is 14.9. The molecule has 102 valence electrons. The number of anilines is 1. The number of amides is 2. The molecule has 2 amide bonds. The largest absolute Gasteiger partial charge is 0.420 e. The molecule has 0 spiro atoms. The number of ether oxygens (including phenoxy) is 1. The Morgan fingerprint density at radius 1 is 1.16 bits per heavy atom. The van der Waals surface area contributed by atoms with Crippen LogP contribution in [0.15, 0.2) is 24.3 Å². The second-order valence-electron chi connectivity index (χ2n) is 4.64. The van der Waals surface area contributed by atoms with Crippen molar-refractivity contribution in [3.8, 4) is 0 Å². The minimum Gasteiger partial charge on any atom is -0.359 e. The van der Waals surface area contributed by atoms with Crippen LogP contribution in [-0.4, -0.2) is 30.2 Å². The van der Waals surface area contributed by atoms with Crippen molar-refractivity contribution in [2.45, 2.75) is 26.2 Å². The highest BCUT2D eigenvalue weighted by atomic mass is 16.6. The summed E-state index contributed by atoms with van der Waals surface area (Å²) in [5.74, 6) is 0. The molecule has 0 radical (unpaired) electrons. The fourth-order valence-electron chi connectivity index (χ4n) is 2.07. The Labute approximate surface area is 112 Å². The van der Waals surface area contributed by atoms with Crippen molar-refractivity contribution in [2.75, 3.05) is 18.4 Å². The van der Waals surface area contributed by atoms with Gasteiger partial charge in [0, 0.05) is 18.8 Å². The minimum absolute atomic E-state index is 0.564. The second-order valence-corrected chi connectivity index (χ2v) is 4.64. The lowest BCUT2D eigenvalue weighted by Crippen LogP contribution is -2.37. The van der Waals surface area contributed by atoms with Gasteiger partial charge < -0.3 is 9.64 Å². The van der Waals surface area contributed by atoms with Gasteiger partial charge in [0.05, 0.1) is 0 Å². The van der Waals surface area contributed by atoms with Crippen LogP contribution < -0.4 is 5.32 Å². The number of nitrogens with zero attached hydrogens (tertiary/aromatic N) is 1. The van der Waals surface area contributed by atoms with E-state index in [1.807, 2.05) is 25.1 Å². The summed E-state index contributed by atoms with van der Waals surface area (Å²) in [6.07, 6.45) is 1.76. The Balaban J connectivity index is 1.87. The van der Waals surface area contributed by atoms with Crippen LogP contribution in [0.1, 0.15) is 24.8 Å². The first-order chi connectivity index (χ1) is 9.16. The standard InChI is InChI=1S/C14H18N2O3/c1-11-7-3-4-8-12(11)15-13(17)19-14(18)16-9-5-2-6-10-16/h3-4,7-8H,2,5-6,9-10H2,1H3,(H,15,17). The molecule has 1 aromatic rings. The van der Waals surface area contributed by atoms with Gasteiger partial charge in [-0.25, -0.2) is 9.59 Å². The van der Waals surface area contributed by atoms with Crippen LogP contribution in [0, 0.1) is 6.92 Å². The molecule has 19 heavy (non-hydrogen) atoms. The van der Waals surface area contributed by atoms with E-state index in [0.29, 0.717) is 18.8 Å². The van der Waals surface area contributed by atoms with Gasteiger partial charge in [-0.05, 0) is 37.8 Å². The van der Waals surface area contributed by atoms with Gasteiger partial charge in [-0.15, -0.1) is 0 Å². The number of aryl methyl sites for hydroxylation is 1. The van der Waals surface area contributed by atoms with Crippen molar-refractivity contribution in [1.82, 2.24) is 4.90 Å². The van der Waals surface area contributed by atoms with E-state index in [1.54, 1.807) is 11.0 Å². The second kappa shape index (κ2) is 6.22. The van der Waals surface area contributed by atoms with E-state index < -0.39 is 12.2 Å². The summed E-state index contributed by atoms with van der Waals surface area (Å²) < 4.78 is 4.79. The summed E-state index contributed by atoms with van der Waals surface area (Å²) in [5.41, 5.74) is 1.57. The summed E-state index contributed by atoms with van der Waals surface area (Å²) >= 11 is 0. The molecule has 0 saturated carbocycles. The summed E-state index contributed by atoms with van der Waals surface area (Å²) in [6.45, 7) is 3.20. The lowest BCUT2D eigenvalue weighted by molar-refractivity contribution is 0.117. The molecule has 0 atom stereocenters. The van der Waals surface area contributed by atoms with Crippen LogP contribution in [0.3, 0.4) is 0 Å². The van der Waals surface area contributed by atoms with Gasteiger partial charge in [-0.3, -0.25) is 5.32 Å². The fraction of sp³-hybridized carbons (Fsp3) is 0.429. The maximum absolute atomic E-state index is 11.7. The average Bonchev–Trinajstić information content (AvgIpc) is 2.42. The van der Waals surface area contributed by atoms with E-state index >= 15 is 0 Å². The molecule has 1 aromatic carbocycles. The van der Waals surface area contributed by atoms with Gasteiger partial charge in [0.1, 0.15) is 0 Å². The van der Waals surface area contributed by atoms with E-state index in [0.717, 1.165) is 24.8 Å². The smallest absolute Gasteiger partial charge is 0.359 e. The van der Waals surface area contributed by atoms with Crippen LogP contribution in [0.2, 0.25) is 0 Å². The number of piperidine rings is 1. The number of rotatable bonds is 1. The predicted molar refractivity (Wildman–Crippen MR) is 72.1 cm³/mol. The summed E-state index contributed by atoms with van der Waals surface area (Å²) in [6, 6.07) is 7.34. The Bertz CT molecular complexity index is 468. The van der Waals surface area contributed by atoms with Crippen molar-refractivity contribution in [3.05, 3.63) is 29.8 Å². The monoisotopic (exact) mass is 262 g/mol. The number of nitrogens with one attached hydrogen (secondary N) is 1. The van der Waals surface area contributed by atoms with Gasteiger partial charge in [0.25, 0.3) is 0 Å². The number of carbonyl (C=O) groups excluding carboxylic acids is 2. The maximum atomic E-state index is 11.7. The van der Waals surface area contributed by atoms with E-state index in [-0.39, 0.29) is 0 Å². The number of hydrogen-bond acceptors (Lipinski definition) is 3. The fourth-order valence-corrected chi connectivity index (χ4v) is 2.07. The molecule has 0 aliphatic carbocycles. The molecule has 0 unspecified atom stereocenters. The zero-order valence-electron chi connectivity index (χ0n) is 11.0. The van der Waals surface area contributed by atoms with E-state index in [4.69, 9.17) is 4.74 Å². The van der Waals surface area contributed by atoms with Crippen LogP contribution >= 0.6 is 0 Å². The Morgan fingerprint density at radius 3 is 2.53 bits per heavy atom. The summed E-state index contributed by atoms with van der Waals surface area (Å²) in [5, 5.41) is 2.57. The van der Waals surface area contributed by atoms with E-state index in [9.17, 15) is 9.59 Å². The molecule has 0 bridgehead atoms. The van der Waals surface area contributed by atoms with Crippen LogP contribution in [-0.2, 0) is 4.74 Å². The zero-order valence-corrected chi connectivity index (χ0v) is 11.0. The molecule has 0 aromatic heterocycles. The molecule has 5 heteroatoms. The number of carbonyl (C=O) groups is 2. The first-order valence-corrected chi connectivity index (χ1v) is 6.50. The number of benzene rings is 1. The van der Waals surface area contributed by atoms with E-state index in [1.165, 1.54) is 0 Å². The molecule has 5 nitrogen and oxygen atoms in total. The molecule has 1 heterocycles. The highest BCUT2D eigenvalue weighted by Crippen LogP contribution is 2.14. The van der Waals surface area contributed by atoms with Crippen LogP contribution in [0.5, 0.6) is 0 Å². The molecule has 2 rings (SSSR count). The Morgan fingerprint density at radius 2 is 1.84 bits per heavy atom. The van der Waals surface area contributed by atoms with Gasteiger partial charge in [-0.1, -0.05) is 18.2 Å². The van der Waals surface area contributed by atoms with Gasteiger partial charge >= 0.3 is 12.2 Å². The lowest BCUT2D eigenvalue weighted by Gasteiger charge is -2.25. The quantitative estimate of drug-likeness (QED) is 0.791. The summed E-state index contributed by atoms with van der Waals surface area (Å²) in [4.78, 5) is 24.9. The topological polar surface area (TPSA) is 58.6 Å². The third-order valence-corrected chi connectivity index (χ3v) is 3.18. The third kappa shape index (κ3) is 3.71. The number of likely N-dealkylation sites (tertiary alicyclic amines) is 1. The van der Waals surface area contributed by atoms with Gasteiger partial charge in [0.15, 0.2) is 0 Å². The van der Waals surface area contributed by atoms with Crippen molar-refractivity contribution < 1.29 is 14.3 Å². The number of para-hydroxylation sites is 1. The molecule has 1 fully saturated rings. The number of hydrogen-bond donors (Lipinski definition) is 1. The average molecular weight is 262 g/mol. The van der Waals surface area contributed by atoms with E-state index in [2.05, 4.69) is 5.32 Å². The summed E-state index contributed by atoms with van der Waals surface area (Å²) in [7, 11) is 0. The van der Waals surface area contributed by atoms with Crippen LogP contribution in [0.25, 0.3) is 0 Å². The molecule has 1 saturated heterocycles. The first-order valence-electron chi connectivity index (χ1n) is 6.50. The van der Waals surface area contributed by atoms with Gasteiger partial charge in [-0.2, -0.15) is 0 Å². The molecule has 1 aliphatic rings. The zero-order chi connectivity index (χ0) is 13.7.